The normalized spacial score (nSPS) is 14.2. The monoisotopic (exact) mass is 238 g/mol. The average Bonchev–Trinajstić information content (AvgIpc) is 3.04. The Hall–Kier alpha value is -2.11. The highest BCUT2D eigenvalue weighted by molar-refractivity contribution is 5.93. The third-order valence-corrected chi connectivity index (χ3v) is 2.37. The lowest BCUT2D eigenvalue weighted by atomic mass is 10.2. The van der Waals surface area contributed by atoms with E-state index in [-0.39, 0.29) is 11.7 Å². The van der Waals surface area contributed by atoms with Gasteiger partial charge in [-0.05, 0) is 31.0 Å². The lowest BCUT2D eigenvalue weighted by Gasteiger charge is -2.07. The number of benzene rings is 1. The summed E-state index contributed by atoms with van der Waals surface area (Å²) in [5.41, 5.74) is -0.212. The maximum atomic E-state index is 13.1. The van der Waals surface area contributed by atoms with Gasteiger partial charge in [-0.2, -0.15) is 0 Å². The van der Waals surface area contributed by atoms with Crippen LogP contribution < -0.4 is 10.6 Å². The van der Waals surface area contributed by atoms with E-state index in [1.807, 2.05) is 0 Å². The van der Waals surface area contributed by atoms with Gasteiger partial charge < -0.3 is 15.7 Å². The molecule has 0 atom stereocenters. The number of halogens is 1. The molecular formula is C11H11FN2O3. The van der Waals surface area contributed by atoms with Crippen LogP contribution in [-0.4, -0.2) is 23.1 Å². The Morgan fingerprint density at radius 1 is 1.35 bits per heavy atom. The van der Waals surface area contributed by atoms with E-state index in [9.17, 15) is 14.0 Å². The van der Waals surface area contributed by atoms with Gasteiger partial charge in [-0.1, -0.05) is 0 Å². The summed E-state index contributed by atoms with van der Waals surface area (Å²) in [5.74, 6) is -2.19. The molecule has 0 unspecified atom stereocenters. The third-order valence-electron chi connectivity index (χ3n) is 2.37. The summed E-state index contributed by atoms with van der Waals surface area (Å²) in [6, 6.07) is 3.21. The molecule has 0 bridgehead atoms. The predicted octanol–water partition coefficient (Wildman–Crippen LogP) is 1.81. The number of carboxylic acids is 1. The van der Waals surface area contributed by atoms with Crippen LogP contribution >= 0.6 is 0 Å². The maximum absolute atomic E-state index is 13.1. The molecule has 0 aliphatic heterocycles. The molecular weight excluding hydrogens is 227 g/mol. The second-order valence-electron chi connectivity index (χ2n) is 3.87. The van der Waals surface area contributed by atoms with Crippen molar-refractivity contribution in [3.8, 4) is 0 Å². The first-order valence-electron chi connectivity index (χ1n) is 5.16. The zero-order valence-electron chi connectivity index (χ0n) is 8.87. The number of aromatic carboxylic acids is 1. The standard InChI is InChI=1S/C11H11FN2O3/c12-9-4-3-7(5-8(9)10(15)16)14-11(17)13-6-1-2-6/h3-6H,1-2H2,(H,15,16)(H2,13,14,17). The number of carbonyl (C=O) groups excluding carboxylic acids is 1. The van der Waals surface area contributed by atoms with Crippen LogP contribution in [0.25, 0.3) is 0 Å². The van der Waals surface area contributed by atoms with Gasteiger partial charge in [0.1, 0.15) is 5.82 Å². The summed E-state index contributed by atoms with van der Waals surface area (Å²) in [6.45, 7) is 0. The van der Waals surface area contributed by atoms with E-state index in [1.54, 1.807) is 0 Å². The fraction of sp³-hybridized carbons (Fsp3) is 0.273. The lowest BCUT2D eigenvalue weighted by Crippen LogP contribution is -2.30. The second-order valence-corrected chi connectivity index (χ2v) is 3.87. The Labute approximate surface area is 96.6 Å². The Balaban J connectivity index is 2.07. The van der Waals surface area contributed by atoms with E-state index in [0.717, 1.165) is 25.0 Å². The van der Waals surface area contributed by atoms with Crippen molar-refractivity contribution in [2.24, 2.45) is 0 Å². The predicted molar refractivity (Wildman–Crippen MR) is 58.5 cm³/mol. The van der Waals surface area contributed by atoms with Gasteiger partial charge in [0, 0.05) is 11.7 Å². The molecule has 3 N–H and O–H groups in total. The zero-order chi connectivity index (χ0) is 12.4. The van der Waals surface area contributed by atoms with Gasteiger partial charge in [0.25, 0.3) is 0 Å². The Bertz CT molecular complexity index is 472. The van der Waals surface area contributed by atoms with Crippen molar-refractivity contribution in [1.82, 2.24) is 5.32 Å². The highest BCUT2D eigenvalue weighted by Crippen LogP contribution is 2.19. The van der Waals surface area contributed by atoms with Crippen molar-refractivity contribution < 1.29 is 19.1 Å². The Morgan fingerprint density at radius 2 is 2.06 bits per heavy atom. The highest BCUT2D eigenvalue weighted by atomic mass is 19.1. The minimum Gasteiger partial charge on any atom is -0.478 e. The molecule has 1 aliphatic rings. The van der Waals surface area contributed by atoms with Gasteiger partial charge >= 0.3 is 12.0 Å². The van der Waals surface area contributed by atoms with Crippen LogP contribution in [0.15, 0.2) is 18.2 Å². The molecule has 6 heteroatoms. The van der Waals surface area contributed by atoms with Crippen molar-refractivity contribution in [3.05, 3.63) is 29.6 Å². The SMILES string of the molecule is O=C(Nc1ccc(F)c(C(=O)O)c1)NC1CC1. The fourth-order valence-corrected chi connectivity index (χ4v) is 1.35. The smallest absolute Gasteiger partial charge is 0.338 e. The van der Waals surface area contributed by atoms with Gasteiger partial charge in [0.15, 0.2) is 0 Å². The molecule has 1 aliphatic carbocycles. The van der Waals surface area contributed by atoms with Gasteiger partial charge in [-0.25, -0.2) is 14.0 Å². The molecule has 1 fully saturated rings. The lowest BCUT2D eigenvalue weighted by molar-refractivity contribution is 0.0692. The minimum absolute atomic E-state index is 0.203. The van der Waals surface area contributed by atoms with Crippen LogP contribution in [0.4, 0.5) is 14.9 Å². The van der Waals surface area contributed by atoms with Crippen molar-refractivity contribution in [2.45, 2.75) is 18.9 Å². The highest BCUT2D eigenvalue weighted by Gasteiger charge is 2.23. The number of carboxylic acid groups (broad SMARTS) is 1. The first-order chi connectivity index (χ1) is 8.06. The van der Waals surface area contributed by atoms with E-state index in [0.29, 0.717) is 0 Å². The summed E-state index contributed by atoms with van der Waals surface area (Å²) < 4.78 is 13.1. The molecule has 0 radical (unpaired) electrons. The second kappa shape index (κ2) is 4.40. The van der Waals surface area contributed by atoms with Gasteiger partial charge in [-0.3, -0.25) is 0 Å². The van der Waals surface area contributed by atoms with Crippen molar-refractivity contribution in [1.29, 1.82) is 0 Å². The van der Waals surface area contributed by atoms with Crippen molar-refractivity contribution in [2.75, 3.05) is 5.32 Å². The number of amides is 2. The molecule has 90 valence electrons. The van der Waals surface area contributed by atoms with Gasteiger partial charge in [-0.15, -0.1) is 0 Å². The quantitative estimate of drug-likeness (QED) is 0.751. The molecule has 0 heterocycles. The Kier molecular flexibility index (Phi) is 2.95. The summed E-state index contributed by atoms with van der Waals surface area (Å²) in [6.07, 6.45) is 1.91. The van der Waals surface area contributed by atoms with Crippen LogP contribution in [0.2, 0.25) is 0 Å². The van der Waals surface area contributed by atoms with Crippen molar-refractivity contribution in [3.63, 3.8) is 0 Å². The van der Waals surface area contributed by atoms with Crippen LogP contribution in [0.3, 0.4) is 0 Å². The molecule has 2 amide bonds. The summed E-state index contributed by atoms with van der Waals surface area (Å²) in [7, 11) is 0. The number of anilines is 1. The first-order valence-corrected chi connectivity index (χ1v) is 5.16. The summed E-state index contributed by atoms with van der Waals surface area (Å²) in [5, 5.41) is 13.8. The van der Waals surface area contributed by atoms with Crippen molar-refractivity contribution >= 4 is 17.7 Å². The molecule has 17 heavy (non-hydrogen) atoms. The van der Waals surface area contributed by atoms with Gasteiger partial charge in [0.05, 0.1) is 5.56 Å². The molecule has 0 saturated heterocycles. The third kappa shape index (κ3) is 2.93. The fourth-order valence-electron chi connectivity index (χ4n) is 1.35. The number of hydrogen-bond acceptors (Lipinski definition) is 2. The molecule has 0 aromatic heterocycles. The molecule has 1 aromatic carbocycles. The number of hydrogen-bond donors (Lipinski definition) is 3. The minimum atomic E-state index is -1.37. The Morgan fingerprint density at radius 3 is 2.65 bits per heavy atom. The van der Waals surface area contributed by atoms with Crippen LogP contribution in [0.1, 0.15) is 23.2 Å². The first kappa shape index (κ1) is 11.4. The van der Waals surface area contributed by atoms with Gasteiger partial charge in [0.2, 0.25) is 0 Å². The molecule has 1 aromatic rings. The van der Waals surface area contributed by atoms with E-state index in [4.69, 9.17) is 5.11 Å². The van der Waals surface area contributed by atoms with Crippen LogP contribution in [-0.2, 0) is 0 Å². The van der Waals surface area contributed by atoms with E-state index in [2.05, 4.69) is 10.6 Å². The van der Waals surface area contributed by atoms with E-state index >= 15 is 0 Å². The summed E-state index contributed by atoms with van der Waals surface area (Å²) >= 11 is 0. The zero-order valence-corrected chi connectivity index (χ0v) is 8.87. The topological polar surface area (TPSA) is 78.4 Å². The molecule has 2 rings (SSSR count). The summed E-state index contributed by atoms with van der Waals surface area (Å²) in [4.78, 5) is 22.0. The van der Waals surface area contributed by atoms with Crippen LogP contribution in [0.5, 0.6) is 0 Å². The number of rotatable bonds is 3. The number of nitrogens with one attached hydrogen (secondary N) is 2. The number of carbonyl (C=O) groups is 2. The number of urea groups is 1. The van der Waals surface area contributed by atoms with Crippen LogP contribution in [0, 0.1) is 5.82 Å². The molecule has 5 nitrogen and oxygen atoms in total. The molecule has 1 saturated carbocycles. The van der Waals surface area contributed by atoms with E-state index in [1.165, 1.54) is 6.07 Å². The largest absolute Gasteiger partial charge is 0.478 e. The molecule has 0 spiro atoms. The maximum Gasteiger partial charge on any atom is 0.338 e. The average molecular weight is 238 g/mol. The van der Waals surface area contributed by atoms with E-state index < -0.39 is 23.4 Å².